The van der Waals surface area contributed by atoms with Crippen molar-refractivity contribution in [2.24, 2.45) is 0 Å². The molecule has 0 aliphatic heterocycles. The molecular weight excluding hydrogens is 234 g/mol. The van der Waals surface area contributed by atoms with Gasteiger partial charge in [0, 0.05) is 16.8 Å². The zero-order chi connectivity index (χ0) is 13.5. The molecule has 0 atom stereocenters. The average molecular weight is 247 g/mol. The van der Waals surface area contributed by atoms with Crippen LogP contribution in [0, 0.1) is 23.7 Å². The molecule has 2 N–H and O–H groups in total. The molecule has 2 aromatic rings. The van der Waals surface area contributed by atoms with Crippen LogP contribution in [0.15, 0.2) is 48.5 Å². The van der Waals surface area contributed by atoms with Crippen molar-refractivity contribution in [1.82, 2.24) is 0 Å². The van der Waals surface area contributed by atoms with E-state index in [1.807, 2.05) is 48.5 Å². The van der Waals surface area contributed by atoms with E-state index in [1.54, 1.807) is 7.11 Å². The molecule has 0 aromatic heterocycles. The first-order valence-electron chi connectivity index (χ1n) is 5.80. The quantitative estimate of drug-likeness (QED) is 0.621. The molecule has 0 aliphatic rings. The third kappa shape index (κ3) is 3.56. The normalized spacial score (nSPS) is 8.68. The van der Waals surface area contributed by atoms with E-state index in [9.17, 15) is 0 Å². The van der Waals surface area contributed by atoms with E-state index in [2.05, 4.69) is 23.7 Å². The van der Waals surface area contributed by atoms with E-state index < -0.39 is 0 Å². The minimum absolute atomic E-state index is 0.668. The molecule has 0 radical (unpaired) electrons. The van der Waals surface area contributed by atoms with Gasteiger partial charge in [-0.15, -0.1) is 0 Å². The first kappa shape index (κ1) is 12.6. The van der Waals surface area contributed by atoms with Crippen LogP contribution in [0.5, 0.6) is 5.75 Å². The molecule has 0 unspecified atom stereocenters. The molecule has 2 aromatic carbocycles. The molecule has 0 aliphatic carbocycles. The Hall–Kier alpha value is -2.84. The summed E-state index contributed by atoms with van der Waals surface area (Å²) in [5.41, 5.74) is 8.15. The number of methoxy groups -OCH3 is 1. The fourth-order valence-corrected chi connectivity index (χ4v) is 1.49. The second-order valence-electron chi connectivity index (χ2n) is 3.82. The van der Waals surface area contributed by atoms with Crippen LogP contribution in [0.3, 0.4) is 0 Å². The maximum atomic E-state index is 5.78. The lowest BCUT2D eigenvalue weighted by Crippen LogP contribution is -1.87. The predicted molar refractivity (Wildman–Crippen MR) is 77.6 cm³/mol. The van der Waals surface area contributed by atoms with Crippen molar-refractivity contribution in [3.8, 4) is 29.4 Å². The Bertz CT molecular complexity index is 679. The van der Waals surface area contributed by atoms with Gasteiger partial charge in [0.05, 0.1) is 7.11 Å². The predicted octanol–water partition coefficient (Wildman–Crippen LogP) is 2.68. The smallest absolute Gasteiger partial charge is 0.118 e. The summed E-state index contributed by atoms with van der Waals surface area (Å²) in [4.78, 5) is 0. The van der Waals surface area contributed by atoms with Gasteiger partial charge in [-0.1, -0.05) is 24.0 Å². The van der Waals surface area contributed by atoms with Crippen LogP contribution < -0.4 is 10.5 Å². The van der Waals surface area contributed by atoms with Gasteiger partial charge in [0.2, 0.25) is 0 Å². The average Bonchev–Trinajstić information content (AvgIpc) is 2.46. The Balaban J connectivity index is 2.11. The van der Waals surface area contributed by atoms with Gasteiger partial charge in [0.15, 0.2) is 0 Å². The maximum Gasteiger partial charge on any atom is 0.118 e. The standard InChI is InChI=1S/C17H13NO/c1-19-16-12-10-14(11-13-16)6-2-3-7-15-8-4-5-9-17(15)18/h4-5,8-13H,18H2,1H3. The molecule has 0 saturated heterocycles. The van der Waals surface area contributed by atoms with E-state index in [-0.39, 0.29) is 0 Å². The van der Waals surface area contributed by atoms with E-state index in [4.69, 9.17) is 10.5 Å². The number of rotatable bonds is 1. The van der Waals surface area contributed by atoms with Crippen LogP contribution in [0.4, 0.5) is 5.69 Å². The Morgan fingerprint density at radius 3 is 2.26 bits per heavy atom. The molecule has 0 fully saturated rings. The first-order valence-corrected chi connectivity index (χ1v) is 5.80. The third-order valence-electron chi connectivity index (χ3n) is 2.52. The summed E-state index contributed by atoms with van der Waals surface area (Å²) in [6.45, 7) is 0. The highest BCUT2D eigenvalue weighted by molar-refractivity contribution is 5.57. The van der Waals surface area contributed by atoms with Crippen molar-refractivity contribution in [3.05, 3.63) is 59.7 Å². The van der Waals surface area contributed by atoms with Crippen molar-refractivity contribution in [2.45, 2.75) is 0 Å². The monoisotopic (exact) mass is 247 g/mol. The molecule has 0 saturated carbocycles. The summed E-state index contributed by atoms with van der Waals surface area (Å²) in [6.07, 6.45) is 0. The number of benzene rings is 2. The van der Waals surface area contributed by atoms with E-state index in [0.717, 1.165) is 16.9 Å². The van der Waals surface area contributed by atoms with Crippen molar-refractivity contribution in [3.63, 3.8) is 0 Å². The van der Waals surface area contributed by atoms with Crippen LogP contribution in [-0.2, 0) is 0 Å². The summed E-state index contributed by atoms with van der Waals surface area (Å²) in [5.74, 6) is 12.3. The van der Waals surface area contributed by atoms with E-state index in [0.29, 0.717) is 5.69 Å². The van der Waals surface area contributed by atoms with Crippen LogP contribution in [-0.4, -0.2) is 7.11 Å². The van der Waals surface area contributed by atoms with Gasteiger partial charge >= 0.3 is 0 Å². The summed E-state index contributed by atoms with van der Waals surface area (Å²) in [6, 6.07) is 15.0. The molecular formula is C17H13NO. The number of nitrogens with two attached hydrogens (primary N) is 1. The molecule has 19 heavy (non-hydrogen) atoms. The van der Waals surface area contributed by atoms with Crippen molar-refractivity contribution in [2.75, 3.05) is 12.8 Å². The minimum atomic E-state index is 0.668. The van der Waals surface area contributed by atoms with Crippen molar-refractivity contribution >= 4 is 5.69 Å². The summed E-state index contributed by atoms with van der Waals surface area (Å²) in [5, 5.41) is 0. The van der Waals surface area contributed by atoms with Gasteiger partial charge in [-0.3, -0.25) is 0 Å². The largest absolute Gasteiger partial charge is 0.497 e. The zero-order valence-electron chi connectivity index (χ0n) is 10.6. The Morgan fingerprint density at radius 2 is 1.58 bits per heavy atom. The van der Waals surface area contributed by atoms with E-state index in [1.165, 1.54) is 0 Å². The Kier molecular flexibility index (Phi) is 4.11. The highest BCUT2D eigenvalue weighted by atomic mass is 16.5. The third-order valence-corrected chi connectivity index (χ3v) is 2.52. The fourth-order valence-electron chi connectivity index (χ4n) is 1.49. The number of hydrogen-bond donors (Lipinski definition) is 1. The Labute approximate surface area is 113 Å². The second kappa shape index (κ2) is 6.19. The maximum absolute atomic E-state index is 5.78. The van der Waals surface area contributed by atoms with Crippen molar-refractivity contribution < 1.29 is 4.74 Å². The highest BCUT2D eigenvalue weighted by Gasteiger charge is 1.90. The van der Waals surface area contributed by atoms with Gasteiger partial charge in [-0.2, -0.15) is 0 Å². The van der Waals surface area contributed by atoms with Gasteiger partial charge < -0.3 is 10.5 Å². The lowest BCUT2D eigenvalue weighted by Gasteiger charge is -1.97. The summed E-state index contributed by atoms with van der Waals surface area (Å²) in [7, 11) is 1.64. The number of hydrogen-bond acceptors (Lipinski definition) is 2. The molecule has 0 bridgehead atoms. The molecule has 0 heterocycles. The SMILES string of the molecule is COc1ccc(C#CC#Cc2ccccc2N)cc1. The number of ether oxygens (including phenoxy) is 1. The number of nitrogen functional groups attached to an aromatic ring is 1. The molecule has 92 valence electrons. The highest BCUT2D eigenvalue weighted by Crippen LogP contribution is 2.10. The fraction of sp³-hybridized carbons (Fsp3) is 0.0588. The molecule has 2 heteroatoms. The van der Waals surface area contributed by atoms with Gasteiger partial charge in [0.25, 0.3) is 0 Å². The lowest BCUT2D eigenvalue weighted by molar-refractivity contribution is 0.415. The second-order valence-corrected chi connectivity index (χ2v) is 3.82. The summed E-state index contributed by atoms with van der Waals surface area (Å²) < 4.78 is 5.08. The van der Waals surface area contributed by atoms with Crippen LogP contribution in [0.25, 0.3) is 0 Å². The molecule has 0 amide bonds. The van der Waals surface area contributed by atoms with Gasteiger partial charge in [-0.25, -0.2) is 0 Å². The number of anilines is 1. The first-order chi connectivity index (χ1) is 9.29. The topological polar surface area (TPSA) is 35.2 Å². The van der Waals surface area contributed by atoms with Crippen LogP contribution in [0.2, 0.25) is 0 Å². The lowest BCUT2D eigenvalue weighted by atomic mass is 10.2. The van der Waals surface area contributed by atoms with Crippen LogP contribution >= 0.6 is 0 Å². The summed E-state index contributed by atoms with van der Waals surface area (Å²) >= 11 is 0. The van der Waals surface area contributed by atoms with Crippen LogP contribution in [0.1, 0.15) is 11.1 Å². The number of para-hydroxylation sites is 1. The van der Waals surface area contributed by atoms with Gasteiger partial charge in [0.1, 0.15) is 5.75 Å². The van der Waals surface area contributed by atoms with Gasteiger partial charge in [-0.05, 0) is 48.2 Å². The molecule has 2 rings (SSSR count). The van der Waals surface area contributed by atoms with E-state index >= 15 is 0 Å². The zero-order valence-corrected chi connectivity index (χ0v) is 10.6. The minimum Gasteiger partial charge on any atom is -0.497 e. The Morgan fingerprint density at radius 1 is 0.895 bits per heavy atom. The van der Waals surface area contributed by atoms with Crippen molar-refractivity contribution in [1.29, 1.82) is 0 Å². The molecule has 0 spiro atoms. The molecule has 2 nitrogen and oxygen atoms in total.